The predicted octanol–water partition coefficient (Wildman–Crippen LogP) is 2.93. The Morgan fingerprint density at radius 3 is 2.52 bits per heavy atom. The summed E-state index contributed by atoms with van der Waals surface area (Å²) in [6, 6.07) is 16.7. The maximum atomic E-state index is 12.0. The molecule has 1 aromatic heterocycles. The molecule has 0 fully saturated rings. The molecule has 0 spiro atoms. The van der Waals surface area contributed by atoms with Crippen molar-refractivity contribution in [1.29, 1.82) is 0 Å². The number of methoxy groups -OCH3 is 1. The van der Waals surface area contributed by atoms with E-state index in [0.29, 0.717) is 5.89 Å². The summed E-state index contributed by atoms with van der Waals surface area (Å²) in [5.41, 5.74) is 1.67. The molecule has 23 heavy (non-hydrogen) atoms. The molecule has 0 radical (unpaired) electrons. The molecule has 0 bridgehead atoms. The highest BCUT2D eigenvalue weighted by atomic mass is 16.5. The molecule has 0 unspecified atom stereocenters. The molecule has 1 heterocycles. The molecule has 1 amide bonds. The molecule has 3 rings (SSSR count). The minimum atomic E-state index is -0.224. The molecule has 0 aliphatic rings. The van der Waals surface area contributed by atoms with Gasteiger partial charge in [0.1, 0.15) is 5.75 Å². The fraction of sp³-hybridized carbons (Fsp3) is 0.118. The molecule has 0 aliphatic heterocycles. The van der Waals surface area contributed by atoms with E-state index in [0.717, 1.165) is 16.9 Å². The molecule has 0 saturated heterocycles. The molecule has 0 atom stereocenters. The molecule has 0 aliphatic carbocycles. The van der Waals surface area contributed by atoms with Crippen LogP contribution in [-0.2, 0) is 11.2 Å². The molecule has 6 nitrogen and oxygen atoms in total. The van der Waals surface area contributed by atoms with Crippen molar-refractivity contribution in [3.63, 3.8) is 0 Å². The summed E-state index contributed by atoms with van der Waals surface area (Å²) in [5, 5.41) is 10.4. The van der Waals surface area contributed by atoms with Gasteiger partial charge in [0, 0.05) is 5.56 Å². The van der Waals surface area contributed by atoms with E-state index >= 15 is 0 Å². The average Bonchev–Trinajstić information content (AvgIpc) is 3.04. The lowest BCUT2D eigenvalue weighted by Gasteiger charge is -2.03. The highest BCUT2D eigenvalue weighted by Crippen LogP contribution is 2.19. The van der Waals surface area contributed by atoms with Crippen molar-refractivity contribution >= 4 is 11.9 Å². The van der Waals surface area contributed by atoms with Gasteiger partial charge in [0.25, 0.3) is 0 Å². The minimum absolute atomic E-state index is 0.0855. The first-order valence-electron chi connectivity index (χ1n) is 7.06. The van der Waals surface area contributed by atoms with Crippen molar-refractivity contribution in [3.8, 4) is 17.2 Å². The first-order chi connectivity index (χ1) is 11.2. The molecule has 2 aromatic carbocycles. The number of ether oxygens (including phenoxy) is 1. The standard InChI is InChI=1S/C17H15N3O3/c1-22-14-9-7-12(8-10-14)11-15(21)18-17-20-19-16(23-17)13-5-3-2-4-6-13/h2-10H,11H2,1H3,(H,18,20,21). The number of amides is 1. The number of benzene rings is 2. The van der Waals surface area contributed by atoms with E-state index in [9.17, 15) is 4.79 Å². The number of hydrogen-bond donors (Lipinski definition) is 1. The Hall–Kier alpha value is -3.15. The Morgan fingerprint density at radius 2 is 1.83 bits per heavy atom. The Balaban J connectivity index is 1.63. The third-order valence-electron chi connectivity index (χ3n) is 3.22. The SMILES string of the molecule is COc1ccc(CC(=O)Nc2nnc(-c3ccccc3)o2)cc1. The van der Waals surface area contributed by atoms with Gasteiger partial charge in [-0.25, -0.2) is 0 Å². The third kappa shape index (κ3) is 3.74. The molecule has 0 saturated carbocycles. The van der Waals surface area contributed by atoms with E-state index in [1.54, 1.807) is 7.11 Å². The van der Waals surface area contributed by atoms with Crippen LogP contribution in [0, 0.1) is 0 Å². The van der Waals surface area contributed by atoms with Gasteiger partial charge in [0.15, 0.2) is 0 Å². The van der Waals surface area contributed by atoms with Crippen LogP contribution in [0.15, 0.2) is 59.0 Å². The van der Waals surface area contributed by atoms with E-state index < -0.39 is 0 Å². The highest BCUT2D eigenvalue weighted by Gasteiger charge is 2.11. The second-order valence-electron chi connectivity index (χ2n) is 4.85. The largest absolute Gasteiger partial charge is 0.497 e. The molecular formula is C17H15N3O3. The maximum Gasteiger partial charge on any atom is 0.322 e. The lowest BCUT2D eigenvalue weighted by atomic mass is 10.1. The maximum absolute atomic E-state index is 12.0. The van der Waals surface area contributed by atoms with Gasteiger partial charge in [-0.15, -0.1) is 5.10 Å². The van der Waals surface area contributed by atoms with Crippen LogP contribution in [0.1, 0.15) is 5.56 Å². The van der Waals surface area contributed by atoms with Crippen LogP contribution in [0.5, 0.6) is 5.75 Å². The number of rotatable bonds is 5. The van der Waals surface area contributed by atoms with E-state index in [1.165, 1.54) is 0 Å². The van der Waals surface area contributed by atoms with Crippen LogP contribution in [0.25, 0.3) is 11.5 Å². The Bertz CT molecular complexity index is 782. The molecule has 6 heteroatoms. The Labute approximate surface area is 133 Å². The van der Waals surface area contributed by atoms with E-state index in [4.69, 9.17) is 9.15 Å². The van der Waals surface area contributed by atoms with Crippen LogP contribution in [0.4, 0.5) is 6.01 Å². The molecular weight excluding hydrogens is 294 g/mol. The fourth-order valence-electron chi connectivity index (χ4n) is 2.06. The van der Waals surface area contributed by atoms with Gasteiger partial charge in [-0.1, -0.05) is 35.4 Å². The van der Waals surface area contributed by atoms with Gasteiger partial charge in [0.2, 0.25) is 11.8 Å². The van der Waals surface area contributed by atoms with Gasteiger partial charge >= 0.3 is 6.01 Å². The number of aromatic nitrogens is 2. The van der Waals surface area contributed by atoms with Gasteiger partial charge in [-0.3, -0.25) is 10.1 Å². The number of hydrogen-bond acceptors (Lipinski definition) is 5. The van der Waals surface area contributed by atoms with Crippen molar-refractivity contribution in [2.45, 2.75) is 6.42 Å². The van der Waals surface area contributed by atoms with Crippen LogP contribution in [0.3, 0.4) is 0 Å². The van der Waals surface area contributed by atoms with Crippen molar-refractivity contribution in [2.24, 2.45) is 0 Å². The van der Waals surface area contributed by atoms with Gasteiger partial charge in [0.05, 0.1) is 13.5 Å². The summed E-state index contributed by atoms with van der Waals surface area (Å²) in [6.07, 6.45) is 0.215. The molecule has 116 valence electrons. The zero-order chi connectivity index (χ0) is 16.1. The predicted molar refractivity (Wildman–Crippen MR) is 85.1 cm³/mol. The van der Waals surface area contributed by atoms with Crippen molar-refractivity contribution in [3.05, 3.63) is 60.2 Å². The second-order valence-corrected chi connectivity index (χ2v) is 4.85. The first kappa shape index (κ1) is 14.8. The Morgan fingerprint density at radius 1 is 1.09 bits per heavy atom. The second kappa shape index (κ2) is 6.74. The lowest BCUT2D eigenvalue weighted by molar-refractivity contribution is -0.115. The summed E-state index contributed by atoms with van der Waals surface area (Å²) < 4.78 is 10.5. The first-order valence-corrected chi connectivity index (χ1v) is 7.06. The number of anilines is 1. The van der Waals surface area contributed by atoms with Crippen LogP contribution in [-0.4, -0.2) is 23.2 Å². The molecule has 3 aromatic rings. The number of carbonyl (C=O) groups excluding carboxylic acids is 1. The normalized spacial score (nSPS) is 10.3. The zero-order valence-electron chi connectivity index (χ0n) is 12.5. The van der Waals surface area contributed by atoms with E-state index in [2.05, 4.69) is 15.5 Å². The summed E-state index contributed by atoms with van der Waals surface area (Å²) in [4.78, 5) is 12.0. The smallest absolute Gasteiger partial charge is 0.322 e. The topological polar surface area (TPSA) is 77.2 Å². The zero-order valence-corrected chi connectivity index (χ0v) is 12.5. The third-order valence-corrected chi connectivity index (χ3v) is 3.22. The van der Waals surface area contributed by atoms with Gasteiger partial charge in [-0.2, -0.15) is 0 Å². The van der Waals surface area contributed by atoms with E-state index in [-0.39, 0.29) is 18.3 Å². The number of carbonyl (C=O) groups is 1. The van der Waals surface area contributed by atoms with Crippen LogP contribution >= 0.6 is 0 Å². The van der Waals surface area contributed by atoms with Crippen molar-refractivity contribution in [1.82, 2.24) is 10.2 Å². The van der Waals surface area contributed by atoms with E-state index in [1.807, 2.05) is 54.6 Å². The summed E-state index contributed by atoms with van der Waals surface area (Å²) in [5.74, 6) is 0.891. The van der Waals surface area contributed by atoms with Gasteiger partial charge in [-0.05, 0) is 29.8 Å². The fourth-order valence-corrected chi connectivity index (χ4v) is 2.06. The monoisotopic (exact) mass is 309 g/mol. The quantitative estimate of drug-likeness (QED) is 0.784. The van der Waals surface area contributed by atoms with Crippen LogP contribution < -0.4 is 10.1 Å². The minimum Gasteiger partial charge on any atom is -0.497 e. The number of nitrogens with zero attached hydrogens (tertiary/aromatic N) is 2. The van der Waals surface area contributed by atoms with Crippen molar-refractivity contribution in [2.75, 3.05) is 12.4 Å². The Kier molecular flexibility index (Phi) is 4.33. The molecule has 1 N–H and O–H groups in total. The summed E-state index contributed by atoms with van der Waals surface area (Å²) in [6.45, 7) is 0. The van der Waals surface area contributed by atoms with Crippen LogP contribution in [0.2, 0.25) is 0 Å². The average molecular weight is 309 g/mol. The lowest BCUT2D eigenvalue weighted by Crippen LogP contribution is -2.14. The number of nitrogens with one attached hydrogen (secondary N) is 1. The summed E-state index contributed by atoms with van der Waals surface area (Å²) in [7, 11) is 1.60. The van der Waals surface area contributed by atoms with Gasteiger partial charge < -0.3 is 9.15 Å². The van der Waals surface area contributed by atoms with Crippen molar-refractivity contribution < 1.29 is 13.9 Å². The summed E-state index contributed by atoms with van der Waals surface area (Å²) >= 11 is 0. The highest BCUT2D eigenvalue weighted by molar-refractivity contribution is 5.90.